The second-order valence-electron chi connectivity index (χ2n) is 4.76. The van der Waals surface area contributed by atoms with E-state index in [2.05, 4.69) is 5.32 Å². The molecule has 1 aliphatic rings. The maximum atomic E-state index is 13.8. The summed E-state index contributed by atoms with van der Waals surface area (Å²) in [6.45, 7) is 3.15. The van der Waals surface area contributed by atoms with Gasteiger partial charge in [-0.2, -0.15) is 13.2 Å². The predicted molar refractivity (Wildman–Crippen MR) is 71.6 cm³/mol. The van der Waals surface area contributed by atoms with Crippen LogP contribution in [0, 0.1) is 12.7 Å². The minimum absolute atomic E-state index is 0. The van der Waals surface area contributed by atoms with E-state index in [0.717, 1.165) is 6.07 Å². The lowest BCUT2D eigenvalue weighted by molar-refractivity contribution is -0.188. The number of nitrogens with one attached hydrogen (secondary N) is 1. The van der Waals surface area contributed by atoms with Gasteiger partial charge >= 0.3 is 6.18 Å². The van der Waals surface area contributed by atoms with Gasteiger partial charge in [0, 0.05) is 31.7 Å². The molecule has 1 aromatic carbocycles. The number of rotatable bonds is 2. The fourth-order valence-electron chi connectivity index (χ4n) is 2.37. The second-order valence-corrected chi connectivity index (χ2v) is 4.76. The molecule has 7 heteroatoms. The van der Waals surface area contributed by atoms with Crippen LogP contribution in [0.25, 0.3) is 0 Å². The molecule has 0 amide bonds. The van der Waals surface area contributed by atoms with Crippen molar-refractivity contribution in [3.8, 4) is 0 Å². The summed E-state index contributed by atoms with van der Waals surface area (Å²) in [5, 5.41) is 2.99. The number of hydrogen-bond acceptors (Lipinski definition) is 2. The maximum Gasteiger partial charge on any atom is 0.408 e. The molecule has 1 atom stereocenters. The van der Waals surface area contributed by atoms with Crippen LogP contribution in [0.15, 0.2) is 18.2 Å². The molecule has 0 saturated carbocycles. The van der Waals surface area contributed by atoms with E-state index >= 15 is 0 Å². The molecule has 114 valence electrons. The number of benzene rings is 1. The molecule has 1 fully saturated rings. The molecule has 0 aromatic heterocycles. The molecule has 1 aromatic rings. The maximum absolute atomic E-state index is 13.8. The standard InChI is InChI=1S/C13H16F4N2.ClH/c1-9-2-3-10(11(14)8-9)12(13(15,16)17)19-6-4-18-5-7-19;/h2-3,8,12,18H,4-7H2,1H3;1H/t12-;/m1./s1. The largest absolute Gasteiger partial charge is 0.408 e. The highest BCUT2D eigenvalue weighted by Gasteiger charge is 2.46. The van der Waals surface area contributed by atoms with Crippen molar-refractivity contribution < 1.29 is 17.6 Å². The number of hydrogen-bond donors (Lipinski definition) is 1. The van der Waals surface area contributed by atoms with Crippen molar-refractivity contribution >= 4 is 12.4 Å². The third kappa shape index (κ3) is 3.84. The Labute approximate surface area is 121 Å². The molecule has 0 aliphatic carbocycles. The zero-order valence-corrected chi connectivity index (χ0v) is 11.8. The summed E-state index contributed by atoms with van der Waals surface area (Å²) in [5.74, 6) is -0.791. The first kappa shape index (κ1) is 17.2. The molecule has 2 rings (SSSR count). The van der Waals surface area contributed by atoms with Gasteiger partial charge in [0.05, 0.1) is 0 Å². The predicted octanol–water partition coefficient (Wildman–Crippen LogP) is 3.06. The van der Waals surface area contributed by atoms with E-state index in [0.29, 0.717) is 18.7 Å². The van der Waals surface area contributed by atoms with Crippen LogP contribution in [0.1, 0.15) is 17.2 Å². The van der Waals surface area contributed by atoms with Gasteiger partial charge in [0.1, 0.15) is 11.9 Å². The lowest BCUT2D eigenvalue weighted by atomic mass is 10.0. The van der Waals surface area contributed by atoms with E-state index in [4.69, 9.17) is 0 Å². The van der Waals surface area contributed by atoms with Crippen molar-refractivity contribution in [1.29, 1.82) is 0 Å². The molecule has 0 spiro atoms. The van der Waals surface area contributed by atoms with Crippen molar-refractivity contribution in [3.05, 3.63) is 35.1 Å². The Morgan fingerprint density at radius 1 is 1.20 bits per heavy atom. The smallest absolute Gasteiger partial charge is 0.314 e. The zero-order chi connectivity index (χ0) is 14.0. The van der Waals surface area contributed by atoms with Crippen molar-refractivity contribution in [2.45, 2.75) is 19.1 Å². The van der Waals surface area contributed by atoms with Crippen LogP contribution in [0.3, 0.4) is 0 Å². The summed E-state index contributed by atoms with van der Waals surface area (Å²) < 4.78 is 53.6. The summed E-state index contributed by atoms with van der Waals surface area (Å²) >= 11 is 0. The zero-order valence-electron chi connectivity index (χ0n) is 11.0. The Balaban J connectivity index is 0.00000200. The highest BCUT2D eigenvalue weighted by Crippen LogP contribution is 2.38. The molecule has 20 heavy (non-hydrogen) atoms. The average molecular weight is 313 g/mol. The van der Waals surface area contributed by atoms with Crippen LogP contribution in [0.4, 0.5) is 17.6 Å². The molecule has 2 nitrogen and oxygen atoms in total. The summed E-state index contributed by atoms with van der Waals surface area (Å²) in [6.07, 6.45) is -4.48. The van der Waals surface area contributed by atoms with Gasteiger partial charge in [-0.15, -0.1) is 12.4 Å². The van der Waals surface area contributed by atoms with Crippen LogP contribution in [0.5, 0.6) is 0 Å². The van der Waals surface area contributed by atoms with E-state index in [9.17, 15) is 17.6 Å². The second kappa shape index (κ2) is 6.74. The SMILES string of the molecule is Cc1ccc([C@@H](N2CCNCC2)C(F)(F)F)c(F)c1.Cl. The summed E-state index contributed by atoms with van der Waals surface area (Å²) in [7, 11) is 0. The first-order chi connectivity index (χ1) is 8.89. The van der Waals surface area contributed by atoms with Gasteiger partial charge in [-0.25, -0.2) is 4.39 Å². The van der Waals surface area contributed by atoms with E-state index < -0.39 is 18.0 Å². The van der Waals surface area contributed by atoms with E-state index in [1.807, 2.05) is 0 Å². The fraction of sp³-hybridized carbons (Fsp3) is 0.538. The number of halogens is 5. The van der Waals surface area contributed by atoms with Crippen molar-refractivity contribution in [1.82, 2.24) is 10.2 Å². The third-order valence-electron chi connectivity index (χ3n) is 3.28. The Morgan fingerprint density at radius 3 is 2.30 bits per heavy atom. The van der Waals surface area contributed by atoms with Gasteiger partial charge in [-0.05, 0) is 18.6 Å². The molecule has 0 unspecified atom stereocenters. The van der Waals surface area contributed by atoms with Gasteiger partial charge < -0.3 is 5.32 Å². The van der Waals surface area contributed by atoms with Crippen LogP contribution in [-0.4, -0.2) is 37.3 Å². The number of aryl methyl sites for hydroxylation is 1. The van der Waals surface area contributed by atoms with Crippen LogP contribution >= 0.6 is 12.4 Å². The highest BCUT2D eigenvalue weighted by atomic mass is 35.5. The third-order valence-corrected chi connectivity index (χ3v) is 3.28. The Bertz CT molecular complexity index is 444. The van der Waals surface area contributed by atoms with Crippen molar-refractivity contribution in [2.24, 2.45) is 0 Å². The number of nitrogens with zero attached hydrogens (tertiary/aromatic N) is 1. The van der Waals surface area contributed by atoms with Gasteiger partial charge in [-0.1, -0.05) is 12.1 Å². The monoisotopic (exact) mass is 312 g/mol. The molecular formula is C13H17ClF4N2. The Morgan fingerprint density at radius 2 is 1.80 bits per heavy atom. The molecule has 1 aliphatic heterocycles. The lowest BCUT2D eigenvalue weighted by Crippen LogP contribution is -2.49. The minimum atomic E-state index is -4.48. The van der Waals surface area contributed by atoms with Gasteiger partial charge in [0.15, 0.2) is 0 Å². The summed E-state index contributed by atoms with van der Waals surface area (Å²) in [4.78, 5) is 1.28. The molecular weight excluding hydrogens is 296 g/mol. The van der Waals surface area contributed by atoms with Gasteiger partial charge in [-0.3, -0.25) is 4.90 Å². The Hall–Kier alpha value is -0.850. The first-order valence-electron chi connectivity index (χ1n) is 6.17. The molecule has 1 N–H and O–H groups in total. The van der Waals surface area contributed by atoms with Crippen molar-refractivity contribution in [3.63, 3.8) is 0 Å². The van der Waals surface area contributed by atoms with Crippen molar-refractivity contribution in [2.75, 3.05) is 26.2 Å². The van der Waals surface area contributed by atoms with E-state index in [1.54, 1.807) is 6.92 Å². The summed E-state index contributed by atoms with van der Waals surface area (Å²) in [6, 6.07) is 2.04. The molecule has 0 bridgehead atoms. The van der Waals surface area contributed by atoms with E-state index in [1.165, 1.54) is 17.0 Å². The molecule has 1 saturated heterocycles. The lowest BCUT2D eigenvalue weighted by Gasteiger charge is -2.36. The van der Waals surface area contributed by atoms with E-state index in [-0.39, 0.29) is 31.1 Å². The quantitative estimate of drug-likeness (QED) is 0.844. The topological polar surface area (TPSA) is 15.3 Å². The fourth-order valence-corrected chi connectivity index (χ4v) is 2.37. The number of piperazine rings is 1. The van der Waals surface area contributed by atoms with Crippen LogP contribution < -0.4 is 5.32 Å². The number of alkyl halides is 3. The molecule has 1 heterocycles. The van der Waals surface area contributed by atoms with Gasteiger partial charge in [0.2, 0.25) is 0 Å². The normalized spacial score (nSPS) is 18.4. The van der Waals surface area contributed by atoms with Crippen LogP contribution in [0.2, 0.25) is 0 Å². The Kier molecular flexibility index (Phi) is 5.79. The summed E-state index contributed by atoms with van der Waals surface area (Å²) in [5.41, 5.74) is 0.322. The molecule has 0 radical (unpaired) electrons. The highest BCUT2D eigenvalue weighted by molar-refractivity contribution is 5.85. The average Bonchev–Trinajstić information content (AvgIpc) is 2.32. The van der Waals surface area contributed by atoms with Crippen LogP contribution in [-0.2, 0) is 0 Å². The first-order valence-corrected chi connectivity index (χ1v) is 6.17. The van der Waals surface area contributed by atoms with Gasteiger partial charge in [0.25, 0.3) is 0 Å². The minimum Gasteiger partial charge on any atom is -0.314 e.